The summed E-state index contributed by atoms with van der Waals surface area (Å²) in [4.78, 5) is 0. The Morgan fingerprint density at radius 1 is 1.00 bits per heavy atom. The second kappa shape index (κ2) is 8.88. The van der Waals surface area contributed by atoms with Gasteiger partial charge < -0.3 is 15.3 Å². The van der Waals surface area contributed by atoms with Gasteiger partial charge in [0.15, 0.2) is 0 Å². The van der Waals surface area contributed by atoms with Crippen LogP contribution in [0.1, 0.15) is 20.8 Å². The maximum Gasteiger partial charge on any atom is 0.0742 e. The van der Waals surface area contributed by atoms with Crippen LogP contribution >= 0.6 is 0 Å². The molecular weight excluding hydrogens is 132 g/mol. The zero-order chi connectivity index (χ0) is 8.57. The van der Waals surface area contributed by atoms with E-state index in [1.165, 1.54) is 6.92 Å². The fraction of sp³-hybridized carbons (Fsp3) is 1.00. The molecule has 64 valence electrons. The van der Waals surface area contributed by atoms with Crippen molar-refractivity contribution in [3.05, 3.63) is 0 Å². The first-order valence-electron chi connectivity index (χ1n) is 3.44. The van der Waals surface area contributed by atoms with Crippen LogP contribution in [0.3, 0.4) is 0 Å². The number of hydrogen-bond acceptors (Lipinski definition) is 3. The third kappa shape index (κ3) is 24.8. The van der Waals surface area contributed by atoms with Crippen LogP contribution in [-0.4, -0.2) is 34.6 Å². The van der Waals surface area contributed by atoms with Crippen molar-refractivity contribution in [3.8, 4) is 0 Å². The summed E-state index contributed by atoms with van der Waals surface area (Å²) >= 11 is 0. The van der Waals surface area contributed by atoms with Gasteiger partial charge in [-0.3, -0.25) is 0 Å². The first-order valence-corrected chi connectivity index (χ1v) is 3.44. The fourth-order valence-corrected chi connectivity index (χ4v) is 0. The highest BCUT2D eigenvalue weighted by molar-refractivity contribution is 4.34. The maximum atomic E-state index is 8.14. The second-order valence-electron chi connectivity index (χ2n) is 2.61. The molecular formula is C7H18O3. The number of aliphatic hydroxyl groups is 3. The van der Waals surface area contributed by atoms with Gasteiger partial charge in [0.1, 0.15) is 0 Å². The Bertz CT molecular complexity index is 44.8. The highest BCUT2D eigenvalue weighted by atomic mass is 16.3. The molecule has 0 radical (unpaired) electrons. The lowest BCUT2D eigenvalue weighted by molar-refractivity contribution is 0.110. The van der Waals surface area contributed by atoms with Crippen LogP contribution in [0, 0.1) is 5.92 Å². The molecule has 0 saturated heterocycles. The van der Waals surface area contributed by atoms with Gasteiger partial charge in [0.05, 0.1) is 12.7 Å². The van der Waals surface area contributed by atoms with Crippen LogP contribution in [0.2, 0.25) is 0 Å². The summed E-state index contributed by atoms with van der Waals surface area (Å²) in [6, 6.07) is 0. The van der Waals surface area contributed by atoms with Crippen LogP contribution in [0.4, 0.5) is 0 Å². The fourth-order valence-electron chi connectivity index (χ4n) is 0. The molecule has 0 bridgehead atoms. The Morgan fingerprint density at radius 2 is 1.20 bits per heavy atom. The number of rotatable bonds is 2. The third-order valence-electron chi connectivity index (χ3n) is 0.629. The largest absolute Gasteiger partial charge is 0.396 e. The predicted octanol–water partition coefficient (Wildman–Crippen LogP) is -0.00580. The molecule has 0 aliphatic rings. The Kier molecular flexibility index (Phi) is 11.1. The smallest absolute Gasteiger partial charge is 0.0742 e. The van der Waals surface area contributed by atoms with Gasteiger partial charge in [-0.2, -0.15) is 0 Å². The summed E-state index contributed by atoms with van der Waals surface area (Å²) in [5, 5.41) is 24.1. The standard InChI is InChI=1S/C4H10O.C3H8O2/c1-4(2)3-5;1-3(5)2-4/h4-5H,3H2,1-2H3;3-5H,2H2,1H3. The minimum atomic E-state index is -0.560. The average molecular weight is 150 g/mol. The first kappa shape index (κ1) is 12.5. The van der Waals surface area contributed by atoms with Gasteiger partial charge in [0, 0.05) is 6.61 Å². The van der Waals surface area contributed by atoms with E-state index in [0.717, 1.165) is 0 Å². The summed E-state index contributed by atoms with van der Waals surface area (Å²) in [5.41, 5.74) is 0. The van der Waals surface area contributed by atoms with Crippen molar-refractivity contribution in [2.75, 3.05) is 13.2 Å². The monoisotopic (exact) mass is 150 g/mol. The molecule has 0 aliphatic heterocycles. The molecule has 10 heavy (non-hydrogen) atoms. The molecule has 1 atom stereocenters. The molecule has 3 heteroatoms. The molecule has 0 heterocycles. The van der Waals surface area contributed by atoms with E-state index >= 15 is 0 Å². The van der Waals surface area contributed by atoms with Gasteiger partial charge in [-0.15, -0.1) is 0 Å². The van der Waals surface area contributed by atoms with Crippen molar-refractivity contribution in [2.24, 2.45) is 5.92 Å². The number of aliphatic hydroxyl groups excluding tert-OH is 3. The molecule has 0 fully saturated rings. The van der Waals surface area contributed by atoms with Gasteiger partial charge in [-0.1, -0.05) is 13.8 Å². The SMILES string of the molecule is CC(C)CO.CC(O)CO. The maximum absolute atomic E-state index is 8.14. The average Bonchev–Trinajstić information content (AvgIpc) is 1.89. The van der Waals surface area contributed by atoms with Crippen molar-refractivity contribution < 1.29 is 15.3 Å². The van der Waals surface area contributed by atoms with E-state index in [4.69, 9.17) is 15.3 Å². The highest BCUT2D eigenvalue weighted by Gasteiger charge is 1.83. The molecule has 3 nitrogen and oxygen atoms in total. The lowest BCUT2D eigenvalue weighted by atomic mass is 10.2. The predicted molar refractivity (Wildman–Crippen MR) is 40.7 cm³/mol. The Labute approximate surface area is 62.3 Å². The van der Waals surface area contributed by atoms with Gasteiger partial charge in [-0.05, 0) is 12.8 Å². The summed E-state index contributed by atoms with van der Waals surface area (Å²) in [7, 11) is 0. The second-order valence-corrected chi connectivity index (χ2v) is 2.61. The van der Waals surface area contributed by atoms with Gasteiger partial charge in [0.25, 0.3) is 0 Å². The number of hydrogen-bond donors (Lipinski definition) is 3. The zero-order valence-corrected chi connectivity index (χ0v) is 6.91. The molecule has 1 unspecified atom stereocenters. The van der Waals surface area contributed by atoms with Crippen LogP contribution in [0.5, 0.6) is 0 Å². The summed E-state index contributed by atoms with van der Waals surface area (Å²) < 4.78 is 0. The normalized spacial score (nSPS) is 12.3. The molecule has 0 aromatic rings. The molecule has 0 aromatic carbocycles. The first-order chi connectivity index (χ1) is 4.54. The molecule has 0 saturated carbocycles. The third-order valence-corrected chi connectivity index (χ3v) is 0.629. The van der Waals surface area contributed by atoms with Crippen molar-refractivity contribution in [2.45, 2.75) is 26.9 Å². The Balaban J connectivity index is 0. The minimum absolute atomic E-state index is 0.139. The molecule has 3 N–H and O–H groups in total. The highest BCUT2D eigenvalue weighted by Crippen LogP contribution is 1.83. The van der Waals surface area contributed by atoms with Gasteiger partial charge >= 0.3 is 0 Å². The van der Waals surface area contributed by atoms with E-state index in [0.29, 0.717) is 12.5 Å². The lowest BCUT2D eigenvalue weighted by Gasteiger charge is -1.90. The van der Waals surface area contributed by atoms with E-state index < -0.39 is 6.10 Å². The quantitative estimate of drug-likeness (QED) is 0.519. The van der Waals surface area contributed by atoms with E-state index in [2.05, 4.69) is 0 Å². The minimum Gasteiger partial charge on any atom is -0.396 e. The van der Waals surface area contributed by atoms with E-state index in [9.17, 15) is 0 Å². The molecule has 0 aliphatic carbocycles. The van der Waals surface area contributed by atoms with E-state index in [-0.39, 0.29) is 6.61 Å². The van der Waals surface area contributed by atoms with Gasteiger partial charge in [-0.25, -0.2) is 0 Å². The summed E-state index contributed by atoms with van der Waals surface area (Å²) in [6.45, 7) is 5.64. The Hall–Kier alpha value is -0.120. The van der Waals surface area contributed by atoms with E-state index in [1.54, 1.807) is 0 Å². The van der Waals surface area contributed by atoms with Crippen molar-refractivity contribution >= 4 is 0 Å². The van der Waals surface area contributed by atoms with E-state index in [1.807, 2.05) is 13.8 Å². The summed E-state index contributed by atoms with van der Waals surface area (Å²) in [6.07, 6.45) is -0.560. The van der Waals surface area contributed by atoms with Crippen LogP contribution < -0.4 is 0 Å². The van der Waals surface area contributed by atoms with Gasteiger partial charge in [0.2, 0.25) is 0 Å². The summed E-state index contributed by atoms with van der Waals surface area (Å²) in [5.74, 6) is 0.440. The molecule has 0 amide bonds. The zero-order valence-electron chi connectivity index (χ0n) is 6.91. The topological polar surface area (TPSA) is 60.7 Å². The Morgan fingerprint density at radius 3 is 1.20 bits per heavy atom. The van der Waals surface area contributed by atoms with Crippen molar-refractivity contribution in [3.63, 3.8) is 0 Å². The lowest BCUT2D eigenvalue weighted by Crippen LogP contribution is -2.03. The molecule has 0 aromatic heterocycles. The van der Waals surface area contributed by atoms with Crippen LogP contribution in [-0.2, 0) is 0 Å². The van der Waals surface area contributed by atoms with Crippen LogP contribution in [0.25, 0.3) is 0 Å². The van der Waals surface area contributed by atoms with Crippen molar-refractivity contribution in [1.82, 2.24) is 0 Å². The molecule has 0 spiro atoms. The van der Waals surface area contributed by atoms with Crippen molar-refractivity contribution in [1.29, 1.82) is 0 Å². The van der Waals surface area contributed by atoms with Crippen LogP contribution in [0.15, 0.2) is 0 Å². The molecule has 0 rings (SSSR count).